The molecule has 5 nitrogen and oxygen atoms in total. The molecule has 0 unspecified atom stereocenters. The Balaban J connectivity index is 2.01. The highest BCUT2D eigenvalue weighted by Crippen LogP contribution is 2.22. The third kappa shape index (κ3) is 2.78. The molecule has 1 aromatic heterocycles. The minimum atomic E-state index is -0.518. The number of para-hydroxylation sites is 1. The predicted octanol–water partition coefficient (Wildman–Crippen LogP) is 1.48. The monoisotopic (exact) mass is 262 g/mol. The topological polar surface area (TPSA) is 94.0 Å². The number of nitrogens with two attached hydrogens (primary N) is 2. The zero-order valence-corrected chi connectivity index (χ0v) is 10.5. The molecule has 18 heavy (non-hydrogen) atoms. The second-order valence-corrected chi connectivity index (χ2v) is 4.51. The van der Waals surface area contributed by atoms with Crippen molar-refractivity contribution in [1.29, 1.82) is 0 Å². The Morgan fingerprint density at radius 3 is 2.94 bits per heavy atom. The quantitative estimate of drug-likeness (QED) is 0.711. The summed E-state index contributed by atoms with van der Waals surface area (Å²) in [5.74, 6) is -0.518. The number of hydrogen-bond donors (Lipinski definition) is 3. The average Bonchev–Trinajstić information content (AvgIpc) is 2.84. The van der Waals surface area contributed by atoms with Gasteiger partial charge in [-0.1, -0.05) is 6.07 Å². The summed E-state index contributed by atoms with van der Waals surface area (Å²) in [5, 5.41) is 5.18. The van der Waals surface area contributed by atoms with E-state index in [1.807, 2.05) is 11.4 Å². The SMILES string of the molecule is NC(=O)c1cccc(NCCc2cscn2)c1N. The minimum Gasteiger partial charge on any atom is -0.396 e. The van der Waals surface area contributed by atoms with Crippen molar-refractivity contribution in [3.05, 3.63) is 40.3 Å². The van der Waals surface area contributed by atoms with Crippen molar-refractivity contribution in [2.45, 2.75) is 6.42 Å². The summed E-state index contributed by atoms with van der Waals surface area (Å²) in [6, 6.07) is 5.19. The van der Waals surface area contributed by atoms with E-state index in [2.05, 4.69) is 10.3 Å². The van der Waals surface area contributed by atoms with E-state index in [0.717, 1.165) is 17.8 Å². The first-order valence-corrected chi connectivity index (χ1v) is 6.42. The molecule has 0 aliphatic heterocycles. The molecule has 0 saturated carbocycles. The van der Waals surface area contributed by atoms with Crippen molar-refractivity contribution < 1.29 is 4.79 Å². The number of aromatic nitrogens is 1. The number of anilines is 2. The summed E-state index contributed by atoms with van der Waals surface area (Å²) < 4.78 is 0. The Bertz CT molecular complexity index is 539. The van der Waals surface area contributed by atoms with E-state index in [0.29, 0.717) is 17.8 Å². The maximum Gasteiger partial charge on any atom is 0.250 e. The minimum absolute atomic E-state index is 0.341. The molecule has 0 aliphatic rings. The normalized spacial score (nSPS) is 10.2. The molecule has 1 aromatic carbocycles. The van der Waals surface area contributed by atoms with Crippen LogP contribution in [0, 0.1) is 0 Å². The van der Waals surface area contributed by atoms with Gasteiger partial charge in [-0.15, -0.1) is 11.3 Å². The van der Waals surface area contributed by atoms with Crippen LogP contribution >= 0.6 is 11.3 Å². The third-order valence-electron chi connectivity index (χ3n) is 2.55. The van der Waals surface area contributed by atoms with Gasteiger partial charge in [0.2, 0.25) is 0 Å². The number of amides is 1. The number of primary amides is 1. The van der Waals surface area contributed by atoms with Gasteiger partial charge in [-0.25, -0.2) is 4.98 Å². The van der Waals surface area contributed by atoms with E-state index in [1.165, 1.54) is 0 Å². The van der Waals surface area contributed by atoms with Crippen LogP contribution in [0.3, 0.4) is 0 Å². The van der Waals surface area contributed by atoms with Crippen LogP contribution in [-0.2, 0) is 6.42 Å². The van der Waals surface area contributed by atoms with Crippen LogP contribution in [0.2, 0.25) is 0 Å². The van der Waals surface area contributed by atoms with Crippen LogP contribution in [0.15, 0.2) is 29.1 Å². The lowest BCUT2D eigenvalue weighted by atomic mass is 10.1. The molecule has 0 radical (unpaired) electrons. The number of carbonyl (C=O) groups is 1. The summed E-state index contributed by atoms with van der Waals surface area (Å²) in [5.41, 5.74) is 15.4. The van der Waals surface area contributed by atoms with Crippen LogP contribution < -0.4 is 16.8 Å². The lowest BCUT2D eigenvalue weighted by molar-refractivity contribution is 0.100. The maximum atomic E-state index is 11.1. The molecule has 1 amide bonds. The standard InChI is InChI=1S/C12H14N4OS/c13-11-9(12(14)17)2-1-3-10(11)15-5-4-8-6-18-7-16-8/h1-3,6-7,15H,4-5,13H2,(H2,14,17). The van der Waals surface area contributed by atoms with Gasteiger partial charge in [0.05, 0.1) is 28.1 Å². The lowest BCUT2D eigenvalue weighted by Gasteiger charge is -2.10. The number of nitrogens with zero attached hydrogens (tertiary/aromatic N) is 1. The fourth-order valence-electron chi connectivity index (χ4n) is 1.62. The molecule has 94 valence electrons. The fourth-order valence-corrected chi connectivity index (χ4v) is 2.21. The van der Waals surface area contributed by atoms with Gasteiger partial charge in [0, 0.05) is 18.3 Å². The molecule has 2 rings (SSSR count). The third-order valence-corrected chi connectivity index (χ3v) is 3.19. The highest BCUT2D eigenvalue weighted by molar-refractivity contribution is 7.07. The predicted molar refractivity (Wildman–Crippen MR) is 73.7 cm³/mol. The van der Waals surface area contributed by atoms with Gasteiger partial charge in [-0.3, -0.25) is 4.79 Å². The number of hydrogen-bond acceptors (Lipinski definition) is 5. The Hall–Kier alpha value is -2.08. The Kier molecular flexibility index (Phi) is 3.78. The van der Waals surface area contributed by atoms with Gasteiger partial charge in [0.25, 0.3) is 5.91 Å². The van der Waals surface area contributed by atoms with E-state index in [-0.39, 0.29) is 0 Å². The van der Waals surface area contributed by atoms with Crippen molar-refractivity contribution >= 4 is 28.6 Å². The summed E-state index contributed by atoms with van der Waals surface area (Å²) in [6.07, 6.45) is 0.809. The van der Waals surface area contributed by atoms with Crippen LogP contribution in [0.4, 0.5) is 11.4 Å². The largest absolute Gasteiger partial charge is 0.396 e. The van der Waals surface area contributed by atoms with Crippen molar-refractivity contribution in [2.75, 3.05) is 17.6 Å². The number of carbonyl (C=O) groups excluding carboxylic acids is 1. The number of nitrogens with one attached hydrogen (secondary N) is 1. The van der Waals surface area contributed by atoms with Crippen molar-refractivity contribution in [3.63, 3.8) is 0 Å². The van der Waals surface area contributed by atoms with E-state index in [9.17, 15) is 4.79 Å². The van der Waals surface area contributed by atoms with Gasteiger partial charge < -0.3 is 16.8 Å². The van der Waals surface area contributed by atoms with E-state index < -0.39 is 5.91 Å². The van der Waals surface area contributed by atoms with E-state index in [4.69, 9.17) is 11.5 Å². The summed E-state index contributed by atoms with van der Waals surface area (Å²) in [6.45, 7) is 0.705. The lowest BCUT2D eigenvalue weighted by Crippen LogP contribution is -2.15. The molecule has 0 aliphatic carbocycles. The van der Waals surface area contributed by atoms with Crippen molar-refractivity contribution in [3.8, 4) is 0 Å². The van der Waals surface area contributed by atoms with Crippen LogP contribution in [0.1, 0.15) is 16.1 Å². The van der Waals surface area contributed by atoms with Gasteiger partial charge in [-0.05, 0) is 12.1 Å². The molecule has 1 heterocycles. The van der Waals surface area contributed by atoms with Crippen molar-refractivity contribution in [1.82, 2.24) is 4.98 Å². The smallest absolute Gasteiger partial charge is 0.250 e. The fraction of sp³-hybridized carbons (Fsp3) is 0.167. The Morgan fingerprint density at radius 2 is 2.28 bits per heavy atom. The zero-order chi connectivity index (χ0) is 13.0. The van der Waals surface area contributed by atoms with Crippen LogP contribution in [-0.4, -0.2) is 17.4 Å². The van der Waals surface area contributed by atoms with Crippen LogP contribution in [0.25, 0.3) is 0 Å². The molecule has 0 atom stereocenters. The highest BCUT2D eigenvalue weighted by atomic mass is 32.1. The molecular weight excluding hydrogens is 248 g/mol. The Labute approximate surface area is 109 Å². The van der Waals surface area contributed by atoms with E-state index in [1.54, 1.807) is 29.0 Å². The number of benzene rings is 1. The Morgan fingerprint density at radius 1 is 1.44 bits per heavy atom. The molecule has 0 bridgehead atoms. The first kappa shape index (κ1) is 12.4. The van der Waals surface area contributed by atoms with E-state index >= 15 is 0 Å². The number of thiazole rings is 1. The molecular formula is C12H14N4OS. The van der Waals surface area contributed by atoms with Gasteiger partial charge >= 0.3 is 0 Å². The molecule has 0 fully saturated rings. The van der Waals surface area contributed by atoms with Crippen LogP contribution in [0.5, 0.6) is 0 Å². The molecule has 5 N–H and O–H groups in total. The van der Waals surface area contributed by atoms with Crippen molar-refractivity contribution in [2.24, 2.45) is 5.73 Å². The van der Waals surface area contributed by atoms with Gasteiger partial charge in [0.15, 0.2) is 0 Å². The highest BCUT2D eigenvalue weighted by Gasteiger charge is 2.08. The first-order chi connectivity index (χ1) is 8.68. The molecule has 2 aromatic rings. The zero-order valence-electron chi connectivity index (χ0n) is 9.72. The average molecular weight is 262 g/mol. The number of rotatable bonds is 5. The van der Waals surface area contributed by atoms with Gasteiger partial charge in [0.1, 0.15) is 0 Å². The molecule has 0 spiro atoms. The number of nitrogen functional groups attached to an aromatic ring is 1. The first-order valence-electron chi connectivity index (χ1n) is 5.47. The molecule has 0 saturated heterocycles. The summed E-state index contributed by atoms with van der Waals surface area (Å²) in [7, 11) is 0. The second kappa shape index (κ2) is 5.50. The maximum absolute atomic E-state index is 11.1. The van der Waals surface area contributed by atoms with Gasteiger partial charge in [-0.2, -0.15) is 0 Å². The summed E-state index contributed by atoms with van der Waals surface area (Å²) in [4.78, 5) is 15.3. The molecule has 6 heteroatoms. The second-order valence-electron chi connectivity index (χ2n) is 3.79. The summed E-state index contributed by atoms with van der Waals surface area (Å²) >= 11 is 1.57.